The molecule has 1 N–H and O–H groups in total. The van der Waals surface area contributed by atoms with Crippen molar-refractivity contribution in [2.75, 3.05) is 0 Å². The van der Waals surface area contributed by atoms with E-state index in [1.54, 1.807) is 0 Å². The van der Waals surface area contributed by atoms with E-state index < -0.39 is 0 Å². The standard InChI is InChI=1S/C15H27N3/c1-11-14(9-16-15(3,4)5)12(2)18(17-11)10-13-7-6-8-13/h13,16H,6-10H2,1-5H3. The Morgan fingerprint density at radius 1 is 1.28 bits per heavy atom. The van der Waals surface area contributed by atoms with E-state index in [9.17, 15) is 0 Å². The molecule has 0 bridgehead atoms. The molecule has 1 saturated carbocycles. The molecule has 1 fully saturated rings. The van der Waals surface area contributed by atoms with Crippen molar-refractivity contribution in [2.45, 2.75) is 72.5 Å². The van der Waals surface area contributed by atoms with Gasteiger partial charge < -0.3 is 5.32 Å². The fourth-order valence-corrected chi connectivity index (χ4v) is 2.44. The number of hydrogen-bond donors (Lipinski definition) is 1. The van der Waals surface area contributed by atoms with E-state index in [2.05, 4.69) is 44.6 Å². The Hall–Kier alpha value is -0.830. The molecule has 0 radical (unpaired) electrons. The zero-order chi connectivity index (χ0) is 13.3. The highest BCUT2D eigenvalue weighted by Crippen LogP contribution is 2.28. The minimum absolute atomic E-state index is 0.162. The zero-order valence-electron chi connectivity index (χ0n) is 12.5. The van der Waals surface area contributed by atoms with Crippen molar-refractivity contribution < 1.29 is 0 Å². The van der Waals surface area contributed by atoms with Crippen LogP contribution in [0.4, 0.5) is 0 Å². The van der Waals surface area contributed by atoms with Gasteiger partial charge in [-0.1, -0.05) is 6.42 Å². The third-order valence-corrected chi connectivity index (χ3v) is 3.98. The lowest BCUT2D eigenvalue weighted by Gasteiger charge is -2.25. The number of nitrogens with one attached hydrogen (secondary N) is 1. The van der Waals surface area contributed by atoms with Gasteiger partial charge in [-0.3, -0.25) is 4.68 Å². The van der Waals surface area contributed by atoms with Crippen LogP contribution in [-0.4, -0.2) is 15.3 Å². The summed E-state index contributed by atoms with van der Waals surface area (Å²) in [5.41, 5.74) is 4.07. The molecular formula is C15H27N3. The SMILES string of the molecule is Cc1nn(CC2CCC2)c(C)c1CNC(C)(C)C. The molecule has 102 valence electrons. The quantitative estimate of drug-likeness (QED) is 0.888. The average molecular weight is 249 g/mol. The molecule has 3 nitrogen and oxygen atoms in total. The lowest BCUT2D eigenvalue weighted by Crippen LogP contribution is -2.35. The van der Waals surface area contributed by atoms with E-state index in [-0.39, 0.29) is 5.54 Å². The maximum atomic E-state index is 4.71. The maximum absolute atomic E-state index is 4.71. The van der Waals surface area contributed by atoms with E-state index in [1.807, 2.05) is 0 Å². The summed E-state index contributed by atoms with van der Waals surface area (Å²) in [7, 11) is 0. The lowest BCUT2D eigenvalue weighted by molar-refractivity contribution is 0.264. The largest absolute Gasteiger partial charge is 0.308 e. The molecule has 0 atom stereocenters. The van der Waals surface area contributed by atoms with Crippen molar-refractivity contribution in [3.8, 4) is 0 Å². The van der Waals surface area contributed by atoms with Crippen molar-refractivity contribution in [2.24, 2.45) is 5.92 Å². The van der Waals surface area contributed by atoms with Gasteiger partial charge in [0.15, 0.2) is 0 Å². The van der Waals surface area contributed by atoms with Gasteiger partial charge in [0, 0.05) is 29.9 Å². The van der Waals surface area contributed by atoms with Crippen molar-refractivity contribution in [3.63, 3.8) is 0 Å². The van der Waals surface area contributed by atoms with Crippen LogP contribution in [0, 0.1) is 19.8 Å². The first-order chi connectivity index (χ1) is 8.37. The van der Waals surface area contributed by atoms with Gasteiger partial charge in [-0.05, 0) is 53.4 Å². The predicted octanol–water partition coefficient (Wildman–Crippen LogP) is 3.19. The van der Waals surface area contributed by atoms with E-state index in [0.717, 1.165) is 19.0 Å². The number of aromatic nitrogens is 2. The van der Waals surface area contributed by atoms with Crippen LogP contribution in [0.25, 0.3) is 0 Å². The van der Waals surface area contributed by atoms with Crippen molar-refractivity contribution in [1.29, 1.82) is 0 Å². The van der Waals surface area contributed by atoms with Crippen molar-refractivity contribution in [1.82, 2.24) is 15.1 Å². The highest BCUT2D eigenvalue weighted by Gasteiger charge is 2.21. The van der Waals surface area contributed by atoms with Crippen LogP contribution in [0.5, 0.6) is 0 Å². The molecule has 0 saturated heterocycles. The molecule has 1 heterocycles. The summed E-state index contributed by atoms with van der Waals surface area (Å²) >= 11 is 0. The molecule has 0 unspecified atom stereocenters. The monoisotopic (exact) mass is 249 g/mol. The molecule has 1 aliphatic rings. The Balaban J connectivity index is 2.05. The summed E-state index contributed by atoms with van der Waals surface area (Å²) in [6.07, 6.45) is 4.17. The maximum Gasteiger partial charge on any atom is 0.0641 e. The molecule has 0 aromatic carbocycles. The van der Waals surface area contributed by atoms with Crippen LogP contribution in [0.3, 0.4) is 0 Å². The van der Waals surface area contributed by atoms with Gasteiger partial charge in [0.05, 0.1) is 5.69 Å². The molecular weight excluding hydrogens is 222 g/mol. The summed E-state index contributed by atoms with van der Waals surface area (Å²) < 4.78 is 2.22. The average Bonchev–Trinajstić information content (AvgIpc) is 2.44. The van der Waals surface area contributed by atoms with E-state index in [1.165, 1.54) is 36.2 Å². The summed E-state index contributed by atoms with van der Waals surface area (Å²) in [5, 5.41) is 8.27. The van der Waals surface area contributed by atoms with Crippen LogP contribution in [0.2, 0.25) is 0 Å². The minimum atomic E-state index is 0.162. The highest BCUT2D eigenvalue weighted by molar-refractivity contribution is 5.24. The molecule has 18 heavy (non-hydrogen) atoms. The molecule has 3 heteroatoms. The van der Waals surface area contributed by atoms with E-state index >= 15 is 0 Å². The Morgan fingerprint density at radius 3 is 2.44 bits per heavy atom. The summed E-state index contributed by atoms with van der Waals surface area (Å²) in [6.45, 7) is 13.0. The first-order valence-corrected chi connectivity index (χ1v) is 7.15. The first-order valence-electron chi connectivity index (χ1n) is 7.15. The summed E-state index contributed by atoms with van der Waals surface area (Å²) in [6, 6.07) is 0. The molecule has 1 aromatic rings. The Kier molecular flexibility index (Phi) is 3.81. The van der Waals surface area contributed by atoms with Crippen LogP contribution in [0.15, 0.2) is 0 Å². The first kappa shape index (κ1) is 13.6. The number of nitrogens with zero attached hydrogens (tertiary/aromatic N) is 2. The van der Waals surface area contributed by atoms with Gasteiger partial charge in [-0.2, -0.15) is 5.10 Å². The number of rotatable bonds is 4. The van der Waals surface area contributed by atoms with Crippen LogP contribution < -0.4 is 5.32 Å². The lowest BCUT2D eigenvalue weighted by atomic mass is 9.85. The summed E-state index contributed by atoms with van der Waals surface area (Å²) in [5.74, 6) is 0.867. The third-order valence-electron chi connectivity index (χ3n) is 3.98. The van der Waals surface area contributed by atoms with Crippen molar-refractivity contribution >= 4 is 0 Å². The fraction of sp³-hybridized carbons (Fsp3) is 0.800. The van der Waals surface area contributed by atoms with Gasteiger partial charge in [0.2, 0.25) is 0 Å². The number of aryl methyl sites for hydroxylation is 1. The predicted molar refractivity (Wildman–Crippen MR) is 75.6 cm³/mol. The molecule has 0 spiro atoms. The van der Waals surface area contributed by atoms with Gasteiger partial charge >= 0.3 is 0 Å². The minimum Gasteiger partial charge on any atom is -0.308 e. The normalized spacial score (nSPS) is 16.9. The smallest absolute Gasteiger partial charge is 0.0641 e. The van der Waals surface area contributed by atoms with E-state index in [4.69, 9.17) is 5.10 Å². The Bertz CT molecular complexity index is 408. The fourth-order valence-electron chi connectivity index (χ4n) is 2.44. The second-order valence-electron chi connectivity index (χ2n) is 6.73. The van der Waals surface area contributed by atoms with E-state index in [0.29, 0.717) is 0 Å². The second-order valence-corrected chi connectivity index (χ2v) is 6.73. The Morgan fingerprint density at radius 2 is 1.94 bits per heavy atom. The molecule has 0 aliphatic heterocycles. The summed E-state index contributed by atoms with van der Waals surface area (Å²) in [4.78, 5) is 0. The van der Waals surface area contributed by atoms with Gasteiger partial charge in [0.1, 0.15) is 0 Å². The molecule has 1 aliphatic carbocycles. The Labute approximate surface area is 111 Å². The second kappa shape index (κ2) is 5.04. The zero-order valence-corrected chi connectivity index (χ0v) is 12.5. The van der Waals surface area contributed by atoms with Crippen LogP contribution >= 0.6 is 0 Å². The van der Waals surface area contributed by atoms with Gasteiger partial charge in [-0.15, -0.1) is 0 Å². The third kappa shape index (κ3) is 3.14. The van der Waals surface area contributed by atoms with Gasteiger partial charge in [-0.25, -0.2) is 0 Å². The molecule has 2 rings (SSSR count). The number of hydrogen-bond acceptors (Lipinski definition) is 2. The van der Waals surface area contributed by atoms with Gasteiger partial charge in [0.25, 0.3) is 0 Å². The van der Waals surface area contributed by atoms with Crippen LogP contribution in [-0.2, 0) is 13.1 Å². The topological polar surface area (TPSA) is 29.9 Å². The highest BCUT2D eigenvalue weighted by atomic mass is 15.3. The molecule has 1 aromatic heterocycles. The van der Waals surface area contributed by atoms with Crippen LogP contribution in [0.1, 0.15) is 57.0 Å². The molecule has 0 amide bonds. The van der Waals surface area contributed by atoms with Crippen molar-refractivity contribution in [3.05, 3.63) is 17.0 Å².